The molecule has 3 fully saturated rings. The van der Waals surface area contributed by atoms with Crippen LogP contribution >= 0.6 is 11.6 Å². The van der Waals surface area contributed by atoms with Crippen molar-refractivity contribution in [1.29, 1.82) is 0 Å². The number of aromatic nitrogens is 3. The van der Waals surface area contributed by atoms with E-state index in [1.165, 1.54) is 24.4 Å². The summed E-state index contributed by atoms with van der Waals surface area (Å²) >= 11 is 5.94. The van der Waals surface area contributed by atoms with Crippen LogP contribution in [-0.4, -0.2) is 65.8 Å². The normalized spacial score (nSPS) is 24.9. The zero-order valence-corrected chi connectivity index (χ0v) is 25.9. The number of likely N-dealkylation sites (tertiary alicyclic amines) is 1. The van der Waals surface area contributed by atoms with E-state index in [1.807, 2.05) is 12.1 Å². The number of carbonyl (C=O) groups is 1. The minimum absolute atomic E-state index is 0.140. The monoisotopic (exact) mass is 646 g/mol. The smallest absolute Gasteiger partial charge is 0.337 e. The van der Waals surface area contributed by atoms with Crippen LogP contribution in [-0.2, 0) is 11.3 Å². The third-order valence-corrected chi connectivity index (χ3v) is 11.3. The fraction of sp³-hybridized carbons (Fsp3) is 0.364. The van der Waals surface area contributed by atoms with E-state index >= 15 is 4.39 Å². The van der Waals surface area contributed by atoms with Gasteiger partial charge >= 0.3 is 5.97 Å². The van der Waals surface area contributed by atoms with Gasteiger partial charge in [0.25, 0.3) is 0 Å². The van der Waals surface area contributed by atoms with Gasteiger partial charge in [-0.1, -0.05) is 29.8 Å². The van der Waals surface area contributed by atoms with Gasteiger partial charge < -0.3 is 19.1 Å². The van der Waals surface area contributed by atoms with E-state index in [9.17, 15) is 14.3 Å². The second kappa shape index (κ2) is 11.3. The molecule has 2 aromatic heterocycles. The standard InChI is InChI=1S/C33H29ClF2N4O4Si/c34-19-4-5-21(23(35)13-19)27-14-24(36)22-3-1-2-20(29(22)44-27)17-6-9-39(10-7-17)16-28-38-31-25(12-18(15-37-31)33(41)42)40(28)32-30(45-32)26-8-11-43-26/h1-5,12-15,17,26-27,30,32H,6-11,16H2,(H,41,42)/t26?,27-,30?,32-/m1/s1. The summed E-state index contributed by atoms with van der Waals surface area (Å²) in [7, 11) is 0.700. The van der Waals surface area contributed by atoms with E-state index < -0.39 is 23.7 Å². The van der Waals surface area contributed by atoms with Crippen molar-refractivity contribution in [3.63, 3.8) is 0 Å². The van der Waals surface area contributed by atoms with Gasteiger partial charge in [0, 0.05) is 29.1 Å². The highest BCUT2D eigenvalue weighted by molar-refractivity contribution is 6.53. The first kappa shape index (κ1) is 28.8. The number of halogens is 3. The van der Waals surface area contributed by atoms with E-state index in [0.29, 0.717) is 38.6 Å². The molecule has 0 spiro atoms. The summed E-state index contributed by atoms with van der Waals surface area (Å²) in [5, 5.41) is 9.87. The zero-order valence-electron chi connectivity index (χ0n) is 24.1. The van der Waals surface area contributed by atoms with E-state index in [0.717, 1.165) is 55.9 Å². The summed E-state index contributed by atoms with van der Waals surface area (Å²) in [5.74, 6) is -0.481. The van der Waals surface area contributed by atoms with Gasteiger partial charge in [-0.2, -0.15) is 0 Å². The first-order valence-electron chi connectivity index (χ1n) is 15.2. The molecule has 1 N–H and O–H groups in total. The number of aromatic carboxylic acids is 1. The molecule has 0 amide bonds. The molecule has 0 saturated carbocycles. The molecular formula is C33H29ClF2N4O4Si. The lowest BCUT2D eigenvalue weighted by Gasteiger charge is -2.34. The molecule has 2 radical (unpaired) electrons. The van der Waals surface area contributed by atoms with Crippen LogP contribution in [0.3, 0.4) is 0 Å². The number of fused-ring (bicyclic) bond motifs is 2. The number of hydrogen-bond acceptors (Lipinski definition) is 6. The van der Waals surface area contributed by atoms with Gasteiger partial charge in [-0.15, -0.1) is 0 Å². The predicted octanol–water partition coefficient (Wildman–Crippen LogP) is 6.54. The molecule has 3 saturated heterocycles. The topological polar surface area (TPSA) is 89.7 Å². The van der Waals surface area contributed by atoms with Gasteiger partial charge in [0.2, 0.25) is 0 Å². The van der Waals surface area contributed by atoms with Crippen molar-refractivity contribution in [1.82, 2.24) is 19.4 Å². The van der Waals surface area contributed by atoms with Crippen molar-refractivity contribution in [2.75, 3.05) is 19.7 Å². The summed E-state index contributed by atoms with van der Waals surface area (Å²) in [4.78, 5) is 23.3. The molecular weight excluding hydrogens is 618 g/mol. The minimum atomic E-state index is -1.01. The average molecular weight is 647 g/mol. The summed E-state index contributed by atoms with van der Waals surface area (Å²) < 4.78 is 44.3. The van der Waals surface area contributed by atoms with Crippen LogP contribution in [0.5, 0.6) is 5.75 Å². The molecule has 12 heteroatoms. The molecule has 4 aliphatic rings. The first-order chi connectivity index (χ1) is 21.8. The maximum absolute atomic E-state index is 15.3. The fourth-order valence-corrected chi connectivity index (χ4v) is 8.58. The Morgan fingerprint density at radius 1 is 1.11 bits per heavy atom. The SMILES string of the molecule is O=C(O)c1cnc2nc(CN3CCC(c4cccc5c4O[C@@H](c4ccc(Cl)cc4F)C=C5F)CC3)n([C@@H]3[Si]C3C3CCO3)c2c1. The Bertz CT molecular complexity index is 1860. The van der Waals surface area contributed by atoms with Crippen LogP contribution in [0.1, 0.15) is 69.8 Å². The fourth-order valence-electron chi connectivity index (χ4n) is 6.86. The lowest BCUT2D eigenvalue weighted by atomic mass is 9.86. The molecule has 4 aliphatic heterocycles. The number of hydrogen-bond donors (Lipinski definition) is 1. The molecule has 0 aliphatic carbocycles. The minimum Gasteiger partial charge on any atom is -0.480 e. The van der Waals surface area contributed by atoms with Crippen LogP contribution in [0.4, 0.5) is 8.78 Å². The van der Waals surface area contributed by atoms with Gasteiger partial charge in [0.1, 0.15) is 29.3 Å². The Morgan fingerprint density at radius 3 is 2.67 bits per heavy atom. The highest BCUT2D eigenvalue weighted by atomic mass is 35.5. The highest BCUT2D eigenvalue weighted by Gasteiger charge is 2.49. The maximum Gasteiger partial charge on any atom is 0.337 e. The van der Waals surface area contributed by atoms with E-state index in [2.05, 4.69) is 14.5 Å². The number of carboxylic acid groups (broad SMARTS) is 1. The number of benzene rings is 2. The maximum atomic E-state index is 15.3. The summed E-state index contributed by atoms with van der Waals surface area (Å²) in [6, 6.07) is 11.5. The molecule has 4 aromatic rings. The lowest BCUT2D eigenvalue weighted by molar-refractivity contribution is -0.0494. The molecule has 0 bridgehead atoms. The van der Waals surface area contributed by atoms with Gasteiger partial charge in [-0.05, 0) is 79.7 Å². The average Bonchev–Trinajstić information content (AvgIpc) is 3.67. The van der Waals surface area contributed by atoms with Gasteiger partial charge in [-0.25, -0.2) is 23.5 Å². The second-order valence-corrected chi connectivity index (χ2v) is 14.1. The third-order valence-electron chi connectivity index (χ3n) is 9.38. The van der Waals surface area contributed by atoms with Crippen molar-refractivity contribution in [3.05, 3.63) is 93.7 Å². The van der Waals surface area contributed by atoms with Gasteiger partial charge in [0.15, 0.2) is 5.65 Å². The Morgan fingerprint density at radius 2 is 1.93 bits per heavy atom. The molecule has 230 valence electrons. The number of nitrogens with zero attached hydrogens (tertiary/aromatic N) is 4. The molecule has 45 heavy (non-hydrogen) atoms. The van der Waals surface area contributed by atoms with Crippen molar-refractivity contribution in [2.45, 2.75) is 55.1 Å². The van der Waals surface area contributed by atoms with Crippen LogP contribution < -0.4 is 4.74 Å². The Hall–Kier alpha value is -3.64. The molecule has 2 aromatic carbocycles. The van der Waals surface area contributed by atoms with E-state index in [1.54, 1.807) is 18.2 Å². The number of piperidine rings is 1. The van der Waals surface area contributed by atoms with Crippen LogP contribution in [0, 0.1) is 5.82 Å². The van der Waals surface area contributed by atoms with Crippen LogP contribution in [0.25, 0.3) is 17.0 Å². The summed E-state index contributed by atoms with van der Waals surface area (Å²) in [6.45, 7) is 3.00. The predicted molar refractivity (Wildman–Crippen MR) is 165 cm³/mol. The first-order valence-corrected chi connectivity index (χ1v) is 16.7. The second-order valence-electron chi connectivity index (χ2n) is 12.1. The number of carboxylic acids is 1. The largest absolute Gasteiger partial charge is 0.480 e. The molecule has 8 rings (SSSR count). The molecule has 6 heterocycles. The van der Waals surface area contributed by atoms with Gasteiger partial charge in [0.05, 0.1) is 38.8 Å². The van der Waals surface area contributed by atoms with Gasteiger partial charge in [-0.3, -0.25) is 4.90 Å². The van der Waals surface area contributed by atoms with Crippen molar-refractivity contribution in [2.24, 2.45) is 0 Å². The van der Waals surface area contributed by atoms with Crippen LogP contribution in [0.2, 0.25) is 10.6 Å². The summed E-state index contributed by atoms with van der Waals surface area (Å²) in [5.41, 5.74) is 3.69. The molecule has 4 atom stereocenters. The van der Waals surface area contributed by atoms with Crippen LogP contribution in [0.15, 0.2) is 54.7 Å². The number of imidazole rings is 1. The van der Waals surface area contributed by atoms with E-state index in [4.69, 9.17) is 26.1 Å². The number of pyridine rings is 1. The zero-order chi connectivity index (χ0) is 30.8. The molecule has 2 unspecified atom stereocenters. The van der Waals surface area contributed by atoms with Crippen molar-refractivity contribution < 1.29 is 28.2 Å². The van der Waals surface area contributed by atoms with Crippen molar-refractivity contribution in [3.8, 4) is 5.75 Å². The highest BCUT2D eigenvalue weighted by Crippen LogP contribution is 2.49. The number of rotatable bonds is 7. The summed E-state index contributed by atoms with van der Waals surface area (Å²) in [6.07, 6.45) is 4.77. The number of ether oxygens (including phenoxy) is 2. The quantitative estimate of drug-likeness (QED) is 0.228. The number of para-hydroxylation sites is 1. The third kappa shape index (κ3) is 5.25. The Balaban J connectivity index is 1.02. The Labute approximate surface area is 265 Å². The van der Waals surface area contributed by atoms with Crippen molar-refractivity contribution >= 4 is 44.1 Å². The lowest BCUT2D eigenvalue weighted by Crippen LogP contribution is -2.33. The molecule has 8 nitrogen and oxygen atoms in total. The van der Waals surface area contributed by atoms with E-state index in [-0.39, 0.29) is 33.8 Å². The Kier molecular flexibility index (Phi) is 7.24.